The lowest BCUT2D eigenvalue weighted by molar-refractivity contribution is -0.144. The predicted molar refractivity (Wildman–Crippen MR) is 103 cm³/mol. The number of nitrogens with zero attached hydrogens (tertiary/aromatic N) is 2. The summed E-state index contributed by atoms with van der Waals surface area (Å²) in [7, 11) is 2.73. The van der Waals surface area contributed by atoms with Crippen LogP contribution in [0.2, 0.25) is 0 Å². The van der Waals surface area contributed by atoms with E-state index in [2.05, 4.69) is 15.3 Å². The van der Waals surface area contributed by atoms with Crippen molar-refractivity contribution in [1.82, 2.24) is 20.2 Å². The Kier molecular flexibility index (Phi) is 6.05. The molecule has 8 nitrogen and oxygen atoms in total. The van der Waals surface area contributed by atoms with Crippen molar-refractivity contribution in [3.05, 3.63) is 47.3 Å². The molecule has 0 fully saturated rings. The number of nitrogens with one attached hydrogen (secondary N) is 2. The van der Waals surface area contributed by atoms with E-state index in [4.69, 9.17) is 9.47 Å². The van der Waals surface area contributed by atoms with E-state index in [9.17, 15) is 14.0 Å². The highest BCUT2D eigenvalue weighted by molar-refractivity contribution is 5.84. The van der Waals surface area contributed by atoms with Crippen LogP contribution in [-0.2, 0) is 16.0 Å². The lowest BCUT2D eigenvalue weighted by Crippen LogP contribution is -2.53. The van der Waals surface area contributed by atoms with E-state index in [-0.39, 0.29) is 5.92 Å². The van der Waals surface area contributed by atoms with Gasteiger partial charge < -0.3 is 24.7 Å². The van der Waals surface area contributed by atoms with Crippen LogP contribution in [0.4, 0.5) is 9.18 Å². The van der Waals surface area contributed by atoms with Gasteiger partial charge in [-0.1, -0.05) is 13.8 Å². The minimum absolute atomic E-state index is 0.173. The van der Waals surface area contributed by atoms with Gasteiger partial charge in [0.1, 0.15) is 23.7 Å². The molecule has 29 heavy (non-hydrogen) atoms. The van der Waals surface area contributed by atoms with Gasteiger partial charge in [-0.25, -0.2) is 19.0 Å². The number of rotatable bonds is 5. The van der Waals surface area contributed by atoms with Gasteiger partial charge in [-0.2, -0.15) is 0 Å². The van der Waals surface area contributed by atoms with E-state index in [0.29, 0.717) is 30.0 Å². The van der Waals surface area contributed by atoms with E-state index in [1.807, 2.05) is 13.8 Å². The highest BCUT2D eigenvalue weighted by Crippen LogP contribution is 2.35. The summed E-state index contributed by atoms with van der Waals surface area (Å²) in [6.07, 6.45) is 2.08. The lowest BCUT2D eigenvalue weighted by Gasteiger charge is -2.36. The number of urea groups is 1. The summed E-state index contributed by atoms with van der Waals surface area (Å²) < 4.78 is 24.8. The molecule has 3 rings (SSSR count). The van der Waals surface area contributed by atoms with Crippen LogP contribution in [0.15, 0.2) is 24.5 Å². The number of methoxy groups -OCH3 is 2. The van der Waals surface area contributed by atoms with Gasteiger partial charge in [0.2, 0.25) is 0 Å². The number of carbonyl (C=O) groups is 2. The Bertz CT molecular complexity index is 898. The lowest BCUT2D eigenvalue weighted by atomic mass is 9.95. The molecule has 0 aliphatic carbocycles. The fourth-order valence-electron chi connectivity index (χ4n) is 3.51. The SMILES string of the molecule is COC(=O)[C@@H](NC(=O)N1CCc2[nH]cnc2C1c1ccc(OC)cc1F)C(C)C. The number of amides is 2. The molecule has 2 amide bonds. The van der Waals surface area contributed by atoms with Crippen molar-refractivity contribution in [2.75, 3.05) is 20.8 Å². The second-order valence-electron chi connectivity index (χ2n) is 7.19. The van der Waals surface area contributed by atoms with Crippen molar-refractivity contribution in [3.63, 3.8) is 0 Å². The molecule has 1 aromatic heterocycles. The number of esters is 1. The second-order valence-corrected chi connectivity index (χ2v) is 7.19. The van der Waals surface area contributed by atoms with Crippen LogP contribution in [0.25, 0.3) is 0 Å². The number of halogens is 1. The molecular formula is C20H25FN4O4. The largest absolute Gasteiger partial charge is 0.497 e. The third-order valence-corrected chi connectivity index (χ3v) is 5.09. The molecule has 0 radical (unpaired) electrons. The molecule has 2 atom stereocenters. The molecule has 0 saturated heterocycles. The molecule has 0 bridgehead atoms. The molecule has 1 aromatic carbocycles. The van der Waals surface area contributed by atoms with Crippen molar-refractivity contribution in [2.45, 2.75) is 32.4 Å². The van der Waals surface area contributed by atoms with Gasteiger partial charge >= 0.3 is 12.0 Å². The molecule has 1 unspecified atom stereocenters. The molecule has 2 aromatic rings. The first kappa shape index (κ1) is 20.6. The predicted octanol–water partition coefficient (Wildman–Crippen LogP) is 2.41. The highest BCUT2D eigenvalue weighted by Gasteiger charge is 2.37. The Labute approximate surface area is 168 Å². The maximum absolute atomic E-state index is 14.9. The van der Waals surface area contributed by atoms with Crippen LogP contribution >= 0.6 is 0 Å². The van der Waals surface area contributed by atoms with Crippen molar-refractivity contribution in [2.24, 2.45) is 5.92 Å². The van der Waals surface area contributed by atoms with Crippen LogP contribution in [0, 0.1) is 11.7 Å². The number of ether oxygens (including phenoxy) is 2. The van der Waals surface area contributed by atoms with Gasteiger partial charge in [-0.05, 0) is 18.1 Å². The molecule has 2 N–H and O–H groups in total. The monoisotopic (exact) mass is 404 g/mol. The number of hydrogen-bond donors (Lipinski definition) is 2. The molecule has 156 valence electrons. The molecule has 1 aliphatic heterocycles. The zero-order chi connectivity index (χ0) is 21.1. The minimum atomic E-state index is -0.811. The van der Waals surface area contributed by atoms with Crippen molar-refractivity contribution in [3.8, 4) is 5.75 Å². The van der Waals surface area contributed by atoms with Crippen LogP contribution in [0.3, 0.4) is 0 Å². The van der Waals surface area contributed by atoms with E-state index in [1.54, 1.807) is 12.1 Å². The summed E-state index contributed by atoms with van der Waals surface area (Å²) >= 11 is 0. The van der Waals surface area contributed by atoms with Crippen LogP contribution < -0.4 is 10.1 Å². The zero-order valence-corrected chi connectivity index (χ0v) is 16.9. The summed E-state index contributed by atoms with van der Waals surface area (Å²) in [4.78, 5) is 34.0. The number of hydrogen-bond acceptors (Lipinski definition) is 5. The summed E-state index contributed by atoms with van der Waals surface area (Å²) in [5.74, 6) is -0.825. The van der Waals surface area contributed by atoms with E-state index < -0.39 is 29.9 Å². The third kappa shape index (κ3) is 4.03. The fraction of sp³-hybridized carbons (Fsp3) is 0.450. The molecular weight excluding hydrogens is 379 g/mol. The standard InChI is InChI=1S/C20H25FN4O4/c1-11(2)16(19(26)29-4)24-20(27)25-8-7-15-17(23-10-22-15)18(25)13-6-5-12(28-3)9-14(13)21/h5-6,9-11,16,18H,7-8H2,1-4H3,(H,22,23)(H,24,27)/t16-,18?/m0/s1. The fourth-order valence-corrected chi connectivity index (χ4v) is 3.51. The Hall–Kier alpha value is -3.10. The summed E-state index contributed by atoms with van der Waals surface area (Å²) in [6, 6.07) is 2.47. The second kappa shape index (κ2) is 8.50. The van der Waals surface area contributed by atoms with Crippen molar-refractivity contribution in [1.29, 1.82) is 0 Å². The van der Waals surface area contributed by atoms with Crippen molar-refractivity contribution >= 4 is 12.0 Å². The highest BCUT2D eigenvalue weighted by atomic mass is 19.1. The van der Waals surface area contributed by atoms with Crippen molar-refractivity contribution < 1.29 is 23.5 Å². The minimum Gasteiger partial charge on any atom is -0.497 e. The van der Waals surface area contributed by atoms with E-state index in [0.717, 1.165) is 5.69 Å². The van der Waals surface area contributed by atoms with Gasteiger partial charge in [0.05, 0.1) is 26.2 Å². The first-order chi connectivity index (χ1) is 13.9. The maximum atomic E-state index is 14.9. The van der Waals surface area contributed by atoms with Gasteiger partial charge in [0.15, 0.2) is 0 Å². The number of H-pyrrole nitrogens is 1. The Morgan fingerprint density at radius 3 is 2.72 bits per heavy atom. The van der Waals surface area contributed by atoms with Crippen LogP contribution in [-0.4, -0.2) is 53.7 Å². The molecule has 1 aliphatic rings. The zero-order valence-electron chi connectivity index (χ0n) is 16.9. The normalized spacial score (nSPS) is 16.9. The van der Waals surface area contributed by atoms with Crippen LogP contribution in [0.1, 0.15) is 36.8 Å². The number of imidazole rings is 1. The molecule has 0 saturated carbocycles. The average molecular weight is 404 g/mol. The Morgan fingerprint density at radius 1 is 1.34 bits per heavy atom. The number of carbonyl (C=O) groups excluding carboxylic acids is 2. The third-order valence-electron chi connectivity index (χ3n) is 5.09. The van der Waals surface area contributed by atoms with E-state index in [1.165, 1.54) is 31.5 Å². The first-order valence-corrected chi connectivity index (χ1v) is 9.37. The van der Waals surface area contributed by atoms with Gasteiger partial charge in [-0.15, -0.1) is 0 Å². The summed E-state index contributed by atoms with van der Waals surface area (Å²) in [6.45, 7) is 3.96. The first-order valence-electron chi connectivity index (χ1n) is 9.37. The van der Waals surface area contributed by atoms with Gasteiger partial charge in [0.25, 0.3) is 0 Å². The molecule has 0 spiro atoms. The number of benzene rings is 1. The topological polar surface area (TPSA) is 96.6 Å². The maximum Gasteiger partial charge on any atom is 0.328 e. The smallest absolute Gasteiger partial charge is 0.328 e. The molecule has 9 heteroatoms. The van der Waals surface area contributed by atoms with E-state index >= 15 is 0 Å². The van der Waals surface area contributed by atoms with Gasteiger partial charge in [-0.3, -0.25) is 0 Å². The summed E-state index contributed by atoms with van der Waals surface area (Å²) in [5.41, 5.74) is 1.73. The number of aromatic nitrogens is 2. The Balaban J connectivity index is 1.97. The summed E-state index contributed by atoms with van der Waals surface area (Å²) in [5, 5.41) is 2.73. The number of aromatic amines is 1. The Morgan fingerprint density at radius 2 is 2.10 bits per heavy atom. The average Bonchev–Trinajstić information content (AvgIpc) is 3.19. The molecule has 2 heterocycles. The number of fused-ring (bicyclic) bond motifs is 1. The van der Waals surface area contributed by atoms with Crippen LogP contribution in [0.5, 0.6) is 5.75 Å². The quantitative estimate of drug-likeness (QED) is 0.746. The van der Waals surface area contributed by atoms with Gasteiger partial charge in [0, 0.05) is 30.3 Å².